The normalized spacial score (nSPS) is 19.9. The van der Waals surface area contributed by atoms with E-state index in [9.17, 15) is 4.79 Å². The molecule has 7 heteroatoms. The molecular formula is C19H33N5OS. The van der Waals surface area contributed by atoms with Gasteiger partial charge in [0.1, 0.15) is 0 Å². The number of likely N-dealkylation sites (tertiary alicyclic amines) is 1. The highest BCUT2D eigenvalue weighted by Crippen LogP contribution is 2.16. The number of nitrogens with one attached hydrogen (secondary N) is 2. The summed E-state index contributed by atoms with van der Waals surface area (Å²) in [6.07, 6.45) is 4.12. The molecule has 1 aliphatic heterocycles. The third kappa shape index (κ3) is 7.33. The lowest BCUT2D eigenvalue weighted by Gasteiger charge is -2.31. The Kier molecular flexibility index (Phi) is 8.91. The number of nitrogens with zero attached hydrogens (tertiary/aromatic N) is 2. The molecule has 1 amide bonds. The van der Waals surface area contributed by atoms with Crippen LogP contribution in [0.25, 0.3) is 0 Å². The van der Waals surface area contributed by atoms with Crippen LogP contribution in [-0.2, 0) is 11.2 Å². The monoisotopic (exact) mass is 379 g/mol. The van der Waals surface area contributed by atoms with E-state index in [2.05, 4.69) is 45.0 Å². The van der Waals surface area contributed by atoms with E-state index < -0.39 is 0 Å². The van der Waals surface area contributed by atoms with Gasteiger partial charge in [0.15, 0.2) is 5.96 Å². The van der Waals surface area contributed by atoms with Crippen LogP contribution in [0, 0.1) is 11.8 Å². The second-order valence-electron chi connectivity index (χ2n) is 7.16. The van der Waals surface area contributed by atoms with Gasteiger partial charge in [-0.2, -0.15) is 0 Å². The molecule has 26 heavy (non-hydrogen) atoms. The zero-order chi connectivity index (χ0) is 18.8. The lowest BCUT2D eigenvalue weighted by Crippen LogP contribution is -2.43. The Morgan fingerprint density at radius 2 is 2.35 bits per heavy atom. The van der Waals surface area contributed by atoms with Gasteiger partial charge in [0.2, 0.25) is 5.91 Å². The van der Waals surface area contributed by atoms with Crippen LogP contribution in [0.1, 0.15) is 31.1 Å². The largest absolute Gasteiger partial charge is 0.369 e. The third-order valence-corrected chi connectivity index (χ3v) is 5.72. The predicted molar refractivity (Wildman–Crippen MR) is 110 cm³/mol. The van der Waals surface area contributed by atoms with E-state index in [1.54, 1.807) is 7.05 Å². The number of hydrogen-bond acceptors (Lipinski definition) is 4. The standard InChI is InChI=1S/C19H33N5OS/c1-15(12-17-7-4-11-26-17)13-23-19(21-2)22-8-5-10-24-9-3-6-16(14-24)18(20)25/h4,7,11,15-16H,3,5-6,8-10,12-14H2,1-2H3,(H2,20,25)(H2,21,22,23). The lowest BCUT2D eigenvalue weighted by molar-refractivity contribution is -0.123. The molecular weight excluding hydrogens is 346 g/mol. The summed E-state index contributed by atoms with van der Waals surface area (Å²) in [5.74, 6) is 1.29. The minimum Gasteiger partial charge on any atom is -0.369 e. The molecule has 0 aliphatic carbocycles. The number of carbonyl (C=O) groups is 1. The summed E-state index contributed by atoms with van der Waals surface area (Å²) in [5.41, 5.74) is 5.44. The van der Waals surface area contributed by atoms with Crippen LogP contribution in [0.4, 0.5) is 0 Å². The van der Waals surface area contributed by atoms with Crippen LogP contribution in [0.2, 0.25) is 0 Å². The second kappa shape index (κ2) is 11.2. The number of rotatable bonds is 9. The van der Waals surface area contributed by atoms with Crippen LogP contribution >= 0.6 is 11.3 Å². The van der Waals surface area contributed by atoms with Crippen molar-refractivity contribution in [1.29, 1.82) is 0 Å². The summed E-state index contributed by atoms with van der Waals surface area (Å²) in [4.78, 5) is 19.4. The average Bonchev–Trinajstić information content (AvgIpc) is 3.14. The lowest BCUT2D eigenvalue weighted by atomic mass is 9.97. The van der Waals surface area contributed by atoms with Crippen LogP contribution in [0.15, 0.2) is 22.5 Å². The fourth-order valence-corrected chi connectivity index (χ4v) is 4.21. The van der Waals surface area contributed by atoms with Crippen molar-refractivity contribution < 1.29 is 4.79 Å². The predicted octanol–water partition coefficient (Wildman–Crippen LogP) is 1.68. The average molecular weight is 380 g/mol. The molecule has 6 nitrogen and oxygen atoms in total. The number of nitrogens with two attached hydrogens (primary N) is 1. The molecule has 1 aliphatic rings. The van der Waals surface area contributed by atoms with E-state index in [0.717, 1.165) is 64.4 Å². The van der Waals surface area contributed by atoms with Gasteiger partial charge in [0.05, 0.1) is 5.92 Å². The first-order chi connectivity index (χ1) is 12.6. The molecule has 146 valence electrons. The maximum atomic E-state index is 11.3. The molecule has 1 saturated heterocycles. The van der Waals surface area contributed by atoms with Crippen molar-refractivity contribution in [3.05, 3.63) is 22.4 Å². The topological polar surface area (TPSA) is 82.8 Å². The molecule has 0 bridgehead atoms. The summed E-state index contributed by atoms with van der Waals surface area (Å²) in [5, 5.41) is 8.92. The molecule has 0 radical (unpaired) electrons. The van der Waals surface area contributed by atoms with Crippen molar-refractivity contribution in [2.24, 2.45) is 22.6 Å². The second-order valence-corrected chi connectivity index (χ2v) is 8.20. The molecule has 4 N–H and O–H groups in total. The van der Waals surface area contributed by atoms with Gasteiger partial charge in [-0.05, 0) is 56.1 Å². The first kappa shape index (κ1) is 20.7. The Hall–Kier alpha value is -1.60. The highest BCUT2D eigenvalue weighted by Gasteiger charge is 2.23. The molecule has 2 rings (SSSR count). The molecule has 0 aromatic carbocycles. The van der Waals surface area contributed by atoms with Gasteiger partial charge < -0.3 is 21.3 Å². The Bertz CT molecular complexity index is 560. The van der Waals surface area contributed by atoms with Crippen molar-refractivity contribution in [3.8, 4) is 0 Å². The number of hydrogen-bond donors (Lipinski definition) is 3. The molecule has 1 aromatic rings. The van der Waals surface area contributed by atoms with Crippen molar-refractivity contribution in [2.75, 3.05) is 39.8 Å². The molecule has 0 saturated carbocycles. The number of primary amides is 1. The smallest absolute Gasteiger partial charge is 0.221 e. The van der Waals surface area contributed by atoms with Crippen molar-refractivity contribution in [3.63, 3.8) is 0 Å². The van der Waals surface area contributed by atoms with Crippen molar-refractivity contribution >= 4 is 23.2 Å². The highest BCUT2D eigenvalue weighted by atomic mass is 32.1. The molecule has 2 atom stereocenters. The number of amides is 1. The number of aliphatic imine (C=N–C) groups is 1. The minimum absolute atomic E-state index is 0.0241. The number of carbonyl (C=O) groups excluding carboxylic acids is 1. The van der Waals surface area contributed by atoms with Gasteiger partial charge in [0, 0.05) is 31.6 Å². The molecule has 1 aromatic heterocycles. The van der Waals surface area contributed by atoms with E-state index >= 15 is 0 Å². The van der Waals surface area contributed by atoms with E-state index in [0.29, 0.717) is 5.92 Å². The van der Waals surface area contributed by atoms with E-state index in [4.69, 9.17) is 5.73 Å². The van der Waals surface area contributed by atoms with Gasteiger partial charge in [0.25, 0.3) is 0 Å². The van der Waals surface area contributed by atoms with E-state index in [1.807, 2.05) is 11.3 Å². The molecule has 2 unspecified atom stereocenters. The van der Waals surface area contributed by atoms with Crippen LogP contribution in [0.3, 0.4) is 0 Å². The summed E-state index contributed by atoms with van der Waals surface area (Å²) in [6, 6.07) is 4.30. The third-order valence-electron chi connectivity index (χ3n) is 4.82. The van der Waals surface area contributed by atoms with Crippen molar-refractivity contribution in [2.45, 2.75) is 32.6 Å². The van der Waals surface area contributed by atoms with Crippen LogP contribution in [-0.4, -0.2) is 56.5 Å². The van der Waals surface area contributed by atoms with Gasteiger partial charge in [-0.15, -0.1) is 11.3 Å². The van der Waals surface area contributed by atoms with Crippen LogP contribution in [0.5, 0.6) is 0 Å². The fraction of sp³-hybridized carbons (Fsp3) is 0.684. The summed E-state index contributed by atoms with van der Waals surface area (Å²) in [7, 11) is 1.81. The highest BCUT2D eigenvalue weighted by molar-refractivity contribution is 7.09. The first-order valence-electron chi connectivity index (χ1n) is 9.57. The fourth-order valence-electron chi connectivity index (χ4n) is 3.34. The van der Waals surface area contributed by atoms with Crippen molar-refractivity contribution in [1.82, 2.24) is 15.5 Å². The molecule has 2 heterocycles. The van der Waals surface area contributed by atoms with E-state index in [1.165, 1.54) is 4.88 Å². The summed E-state index contributed by atoms with van der Waals surface area (Å²) in [6.45, 7) is 6.90. The van der Waals surface area contributed by atoms with Gasteiger partial charge >= 0.3 is 0 Å². The molecule has 0 spiro atoms. The van der Waals surface area contributed by atoms with Gasteiger partial charge in [-0.3, -0.25) is 9.79 Å². The van der Waals surface area contributed by atoms with Crippen LogP contribution < -0.4 is 16.4 Å². The molecule has 1 fully saturated rings. The zero-order valence-electron chi connectivity index (χ0n) is 16.0. The maximum absolute atomic E-state index is 11.3. The first-order valence-corrected chi connectivity index (χ1v) is 10.4. The van der Waals surface area contributed by atoms with Gasteiger partial charge in [-0.25, -0.2) is 0 Å². The van der Waals surface area contributed by atoms with Gasteiger partial charge in [-0.1, -0.05) is 13.0 Å². The number of thiophene rings is 1. The Labute approximate surface area is 161 Å². The number of guanidine groups is 1. The Morgan fingerprint density at radius 3 is 3.04 bits per heavy atom. The van der Waals surface area contributed by atoms with E-state index in [-0.39, 0.29) is 11.8 Å². The quantitative estimate of drug-likeness (QED) is 0.346. The Balaban J connectivity index is 1.59. The summed E-state index contributed by atoms with van der Waals surface area (Å²) >= 11 is 1.82. The SMILES string of the molecule is CN=C(NCCCN1CCCC(C(N)=O)C1)NCC(C)Cc1cccs1. The zero-order valence-corrected chi connectivity index (χ0v) is 16.9. The summed E-state index contributed by atoms with van der Waals surface area (Å²) < 4.78 is 0. The number of piperidine rings is 1. The Morgan fingerprint density at radius 1 is 1.50 bits per heavy atom. The minimum atomic E-state index is -0.158. The maximum Gasteiger partial charge on any atom is 0.221 e.